The zero-order chi connectivity index (χ0) is 18.4. The molecule has 0 fully saturated rings. The van der Waals surface area contributed by atoms with Crippen LogP contribution in [0.25, 0.3) is 22.0 Å². The van der Waals surface area contributed by atoms with Gasteiger partial charge in [-0.25, -0.2) is 8.42 Å². The molecule has 1 heterocycles. The van der Waals surface area contributed by atoms with E-state index in [0.29, 0.717) is 5.69 Å². The van der Waals surface area contributed by atoms with Gasteiger partial charge in [0.1, 0.15) is 0 Å². The summed E-state index contributed by atoms with van der Waals surface area (Å²) in [6, 6.07) is 22.9. The Morgan fingerprint density at radius 2 is 1.59 bits per heavy atom. The van der Waals surface area contributed by atoms with Crippen LogP contribution in [0.1, 0.15) is 11.1 Å². The van der Waals surface area contributed by atoms with Crippen LogP contribution in [-0.2, 0) is 16.4 Å². The highest BCUT2D eigenvalue weighted by Gasteiger charge is 2.22. The lowest BCUT2D eigenvalue weighted by atomic mass is 10.1. The Bertz CT molecular complexity index is 1300. The van der Waals surface area contributed by atoms with E-state index in [1.54, 1.807) is 24.4 Å². The summed E-state index contributed by atoms with van der Waals surface area (Å²) in [6.07, 6.45) is 2.30. The predicted octanol–water partition coefficient (Wildman–Crippen LogP) is 4.61. The molecule has 1 aliphatic carbocycles. The molecular formula is C22H16N2O2S. The number of para-hydroxylation sites is 1. The Morgan fingerprint density at radius 1 is 0.815 bits per heavy atom. The Hall–Kier alpha value is -3.18. The lowest BCUT2D eigenvalue weighted by Gasteiger charge is -2.10. The van der Waals surface area contributed by atoms with Crippen molar-refractivity contribution >= 4 is 26.6 Å². The molecule has 0 saturated carbocycles. The van der Waals surface area contributed by atoms with E-state index in [0.717, 1.165) is 28.5 Å². The minimum atomic E-state index is -3.68. The van der Waals surface area contributed by atoms with Gasteiger partial charge in [0.15, 0.2) is 0 Å². The Balaban J connectivity index is 1.49. The zero-order valence-electron chi connectivity index (χ0n) is 14.4. The van der Waals surface area contributed by atoms with Crippen LogP contribution in [0, 0.1) is 0 Å². The number of hydrogen-bond donors (Lipinski definition) is 1. The number of nitrogens with zero attached hydrogens (tertiary/aromatic N) is 1. The summed E-state index contributed by atoms with van der Waals surface area (Å²) in [5.41, 5.74) is 5.85. The molecule has 3 aromatic carbocycles. The molecule has 132 valence electrons. The minimum absolute atomic E-state index is 0.266. The molecule has 4 nitrogen and oxygen atoms in total. The predicted molar refractivity (Wildman–Crippen MR) is 107 cm³/mol. The largest absolute Gasteiger partial charge is 0.278 e. The van der Waals surface area contributed by atoms with Gasteiger partial charge in [-0.1, -0.05) is 48.5 Å². The fourth-order valence-electron chi connectivity index (χ4n) is 3.63. The quantitative estimate of drug-likeness (QED) is 0.503. The van der Waals surface area contributed by atoms with Crippen molar-refractivity contribution in [2.75, 3.05) is 4.72 Å². The molecule has 1 N–H and O–H groups in total. The molecule has 4 aromatic rings. The van der Waals surface area contributed by atoms with Crippen molar-refractivity contribution < 1.29 is 8.42 Å². The summed E-state index contributed by atoms with van der Waals surface area (Å²) in [7, 11) is -3.68. The van der Waals surface area contributed by atoms with E-state index in [4.69, 9.17) is 0 Å². The molecular weight excluding hydrogens is 356 g/mol. The van der Waals surface area contributed by atoms with Crippen LogP contribution in [0.2, 0.25) is 0 Å². The molecule has 0 saturated heterocycles. The number of hydrogen-bond acceptors (Lipinski definition) is 3. The second-order valence-corrected chi connectivity index (χ2v) is 8.36. The van der Waals surface area contributed by atoms with Crippen molar-refractivity contribution in [2.45, 2.75) is 11.3 Å². The van der Waals surface area contributed by atoms with Crippen molar-refractivity contribution in [3.05, 3.63) is 90.1 Å². The van der Waals surface area contributed by atoms with E-state index in [9.17, 15) is 8.42 Å². The molecule has 0 bridgehead atoms. The molecule has 1 aromatic heterocycles. The third kappa shape index (κ3) is 2.76. The van der Waals surface area contributed by atoms with Crippen molar-refractivity contribution in [1.82, 2.24) is 4.98 Å². The lowest BCUT2D eigenvalue weighted by molar-refractivity contribution is 0.601. The van der Waals surface area contributed by atoms with Gasteiger partial charge in [-0.05, 0) is 52.9 Å². The van der Waals surface area contributed by atoms with Crippen LogP contribution in [0.4, 0.5) is 5.69 Å². The van der Waals surface area contributed by atoms with E-state index >= 15 is 0 Å². The third-order valence-electron chi connectivity index (χ3n) is 4.92. The van der Waals surface area contributed by atoms with Gasteiger partial charge in [0, 0.05) is 5.39 Å². The van der Waals surface area contributed by atoms with Gasteiger partial charge in [-0.3, -0.25) is 9.71 Å². The van der Waals surface area contributed by atoms with E-state index in [-0.39, 0.29) is 4.90 Å². The topological polar surface area (TPSA) is 59.1 Å². The van der Waals surface area contributed by atoms with Crippen LogP contribution in [0.15, 0.2) is 83.9 Å². The highest BCUT2D eigenvalue weighted by molar-refractivity contribution is 7.92. The fourth-order valence-corrected chi connectivity index (χ4v) is 4.71. The van der Waals surface area contributed by atoms with Gasteiger partial charge >= 0.3 is 0 Å². The molecule has 27 heavy (non-hydrogen) atoms. The number of anilines is 1. The van der Waals surface area contributed by atoms with Gasteiger partial charge < -0.3 is 0 Å². The van der Waals surface area contributed by atoms with E-state index < -0.39 is 10.0 Å². The van der Waals surface area contributed by atoms with Crippen LogP contribution >= 0.6 is 0 Å². The molecule has 0 unspecified atom stereocenters. The van der Waals surface area contributed by atoms with E-state index in [1.807, 2.05) is 42.5 Å². The maximum Gasteiger partial charge on any atom is 0.261 e. The molecule has 5 heteroatoms. The molecule has 0 atom stereocenters. The number of benzene rings is 3. The highest BCUT2D eigenvalue weighted by Crippen LogP contribution is 2.37. The van der Waals surface area contributed by atoms with E-state index in [2.05, 4.69) is 21.8 Å². The molecule has 0 aliphatic heterocycles. The normalized spacial score (nSPS) is 12.6. The number of sulfonamides is 1. The van der Waals surface area contributed by atoms with Gasteiger partial charge in [0.25, 0.3) is 10.0 Å². The van der Waals surface area contributed by atoms with Crippen molar-refractivity contribution in [3.63, 3.8) is 0 Å². The Morgan fingerprint density at radius 3 is 2.52 bits per heavy atom. The minimum Gasteiger partial charge on any atom is -0.278 e. The second-order valence-electron chi connectivity index (χ2n) is 6.68. The summed E-state index contributed by atoms with van der Waals surface area (Å²) in [6.45, 7) is 0. The van der Waals surface area contributed by atoms with Crippen LogP contribution in [0.5, 0.6) is 0 Å². The SMILES string of the molecule is O=S(=O)(Nc1cnc2ccccc2c1)c1ccc2c(c1)Cc1ccccc1-2. The average molecular weight is 372 g/mol. The van der Waals surface area contributed by atoms with Crippen molar-refractivity contribution in [3.8, 4) is 11.1 Å². The van der Waals surface area contributed by atoms with Gasteiger partial charge in [-0.2, -0.15) is 0 Å². The molecule has 5 rings (SSSR count). The smallest absolute Gasteiger partial charge is 0.261 e. The van der Waals surface area contributed by atoms with Crippen LogP contribution in [-0.4, -0.2) is 13.4 Å². The molecule has 0 radical (unpaired) electrons. The Kier molecular flexibility index (Phi) is 3.52. The van der Waals surface area contributed by atoms with E-state index in [1.165, 1.54) is 11.1 Å². The number of fused-ring (bicyclic) bond motifs is 4. The molecule has 0 spiro atoms. The number of nitrogens with one attached hydrogen (secondary N) is 1. The first-order valence-corrected chi connectivity index (χ1v) is 10.2. The zero-order valence-corrected chi connectivity index (χ0v) is 15.2. The second kappa shape index (κ2) is 5.93. The number of pyridine rings is 1. The van der Waals surface area contributed by atoms with Crippen molar-refractivity contribution in [1.29, 1.82) is 0 Å². The third-order valence-corrected chi connectivity index (χ3v) is 6.30. The van der Waals surface area contributed by atoms with Gasteiger partial charge in [-0.15, -0.1) is 0 Å². The lowest BCUT2D eigenvalue weighted by Crippen LogP contribution is -2.13. The first-order chi connectivity index (χ1) is 13.1. The maximum absolute atomic E-state index is 12.9. The summed E-state index contributed by atoms with van der Waals surface area (Å²) in [5.74, 6) is 0. The Labute approximate surface area is 157 Å². The number of rotatable bonds is 3. The summed E-state index contributed by atoms with van der Waals surface area (Å²) >= 11 is 0. The fraction of sp³-hybridized carbons (Fsp3) is 0.0455. The number of aromatic nitrogens is 1. The van der Waals surface area contributed by atoms with Crippen molar-refractivity contribution in [2.24, 2.45) is 0 Å². The molecule has 1 aliphatic rings. The summed E-state index contributed by atoms with van der Waals surface area (Å²) in [4.78, 5) is 4.58. The van der Waals surface area contributed by atoms with Crippen LogP contribution < -0.4 is 4.72 Å². The van der Waals surface area contributed by atoms with Crippen LogP contribution in [0.3, 0.4) is 0 Å². The standard InChI is InChI=1S/C22H16N2O2S/c25-27(26,24-18-12-16-6-2-4-8-22(16)23-14-18)19-9-10-21-17(13-19)11-15-5-1-3-7-20(15)21/h1-10,12-14,24H,11H2. The van der Waals surface area contributed by atoms with Gasteiger partial charge in [0.05, 0.1) is 22.3 Å². The molecule has 0 amide bonds. The summed E-state index contributed by atoms with van der Waals surface area (Å²) < 4.78 is 28.4. The first kappa shape index (κ1) is 16.0. The monoisotopic (exact) mass is 372 g/mol. The first-order valence-electron chi connectivity index (χ1n) is 8.69. The maximum atomic E-state index is 12.9. The van der Waals surface area contributed by atoms with Gasteiger partial charge in [0.2, 0.25) is 0 Å². The average Bonchev–Trinajstić information content (AvgIpc) is 3.05. The summed E-state index contributed by atoms with van der Waals surface area (Å²) in [5, 5.41) is 0.891. The highest BCUT2D eigenvalue weighted by atomic mass is 32.2.